The molecule has 28 heavy (non-hydrogen) atoms. The van der Waals surface area contributed by atoms with E-state index in [9.17, 15) is 4.79 Å². The van der Waals surface area contributed by atoms with Gasteiger partial charge in [-0.15, -0.1) is 5.10 Å². The zero-order chi connectivity index (χ0) is 19.5. The first-order valence-corrected chi connectivity index (χ1v) is 9.66. The van der Waals surface area contributed by atoms with Gasteiger partial charge in [-0.2, -0.15) is 0 Å². The van der Waals surface area contributed by atoms with E-state index in [0.717, 1.165) is 48.6 Å². The highest BCUT2D eigenvalue weighted by molar-refractivity contribution is 6.04. The highest BCUT2D eigenvalue weighted by Crippen LogP contribution is 2.36. The van der Waals surface area contributed by atoms with Crippen molar-refractivity contribution in [3.05, 3.63) is 54.1 Å². The first kappa shape index (κ1) is 18.2. The van der Waals surface area contributed by atoms with Crippen LogP contribution in [0.1, 0.15) is 42.6 Å². The monoisotopic (exact) mass is 376 g/mol. The Morgan fingerprint density at radius 2 is 2.00 bits per heavy atom. The highest BCUT2D eigenvalue weighted by Gasteiger charge is 2.28. The topological polar surface area (TPSA) is 75.9 Å². The second-order valence-electron chi connectivity index (χ2n) is 7.18. The van der Waals surface area contributed by atoms with Gasteiger partial charge in [0.1, 0.15) is 0 Å². The molecule has 1 aliphatic rings. The molecule has 3 aromatic rings. The van der Waals surface area contributed by atoms with Gasteiger partial charge in [0.25, 0.3) is 5.91 Å². The SMILES string of the molecule is CCCN(C)c1ccc(C(=O)Nc2cccc(-c3nnnn3C3CC3)c2)cc1. The lowest BCUT2D eigenvalue weighted by atomic mass is 10.1. The molecule has 1 amide bonds. The van der Waals surface area contributed by atoms with Crippen LogP contribution in [0.2, 0.25) is 0 Å². The predicted molar refractivity (Wildman–Crippen MR) is 109 cm³/mol. The number of hydrogen-bond donors (Lipinski definition) is 1. The minimum Gasteiger partial charge on any atom is -0.375 e. The van der Waals surface area contributed by atoms with Crippen LogP contribution >= 0.6 is 0 Å². The molecule has 144 valence electrons. The molecule has 1 aromatic heterocycles. The number of rotatable bonds is 7. The average Bonchev–Trinajstić information content (AvgIpc) is 3.44. The smallest absolute Gasteiger partial charge is 0.255 e. The molecule has 1 heterocycles. The summed E-state index contributed by atoms with van der Waals surface area (Å²) in [6.07, 6.45) is 3.30. The quantitative estimate of drug-likeness (QED) is 0.679. The summed E-state index contributed by atoms with van der Waals surface area (Å²) in [5, 5.41) is 15.0. The van der Waals surface area contributed by atoms with Gasteiger partial charge in [-0.1, -0.05) is 19.1 Å². The summed E-state index contributed by atoms with van der Waals surface area (Å²) in [6.45, 7) is 3.13. The molecule has 4 rings (SSSR count). The lowest BCUT2D eigenvalue weighted by molar-refractivity contribution is 0.102. The minimum atomic E-state index is -0.136. The Balaban J connectivity index is 1.48. The molecule has 0 saturated heterocycles. The molecular formula is C21H24N6O. The van der Waals surface area contributed by atoms with Crippen molar-refractivity contribution in [2.75, 3.05) is 23.8 Å². The van der Waals surface area contributed by atoms with E-state index < -0.39 is 0 Å². The summed E-state index contributed by atoms with van der Waals surface area (Å²) in [5.74, 6) is 0.602. The van der Waals surface area contributed by atoms with Crippen LogP contribution in [0.15, 0.2) is 48.5 Å². The summed E-state index contributed by atoms with van der Waals surface area (Å²) in [5.41, 5.74) is 3.35. The first-order valence-electron chi connectivity index (χ1n) is 9.66. The van der Waals surface area contributed by atoms with E-state index in [4.69, 9.17) is 0 Å². The first-order chi connectivity index (χ1) is 13.7. The number of anilines is 2. The lowest BCUT2D eigenvalue weighted by Crippen LogP contribution is -2.18. The number of nitrogens with one attached hydrogen (secondary N) is 1. The van der Waals surface area contributed by atoms with Gasteiger partial charge in [-0.3, -0.25) is 4.79 Å². The molecule has 0 atom stereocenters. The van der Waals surface area contributed by atoms with Crippen LogP contribution in [0.5, 0.6) is 0 Å². The maximum atomic E-state index is 12.6. The Labute approximate surface area is 164 Å². The summed E-state index contributed by atoms with van der Waals surface area (Å²) in [7, 11) is 2.05. The van der Waals surface area contributed by atoms with Crippen LogP contribution in [0.3, 0.4) is 0 Å². The molecule has 7 heteroatoms. The van der Waals surface area contributed by atoms with Crippen LogP contribution in [-0.2, 0) is 0 Å². The van der Waals surface area contributed by atoms with E-state index in [1.807, 2.05) is 53.2 Å². The van der Waals surface area contributed by atoms with Gasteiger partial charge in [-0.25, -0.2) is 4.68 Å². The van der Waals surface area contributed by atoms with Crippen molar-refractivity contribution in [3.63, 3.8) is 0 Å². The Kier molecular flexibility index (Phi) is 5.06. The molecule has 0 bridgehead atoms. The molecule has 1 N–H and O–H groups in total. The standard InChI is InChI=1S/C21H24N6O/c1-3-13-26(2)18-9-7-15(8-10-18)21(28)22-17-6-4-5-16(14-17)20-23-24-25-27(20)19-11-12-19/h4-10,14,19H,3,11-13H2,1-2H3,(H,22,28). The van der Waals surface area contributed by atoms with E-state index in [-0.39, 0.29) is 5.91 Å². The molecule has 7 nitrogen and oxygen atoms in total. The third-order valence-electron chi connectivity index (χ3n) is 4.89. The molecule has 0 spiro atoms. The van der Waals surface area contributed by atoms with Crippen molar-refractivity contribution in [1.29, 1.82) is 0 Å². The van der Waals surface area contributed by atoms with Crippen molar-refractivity contribution in [2.24, 2.45) is 0 Å². The van der Waals surface area contributed by atoms with Crippen molar-refractivity contribution in [3.8, 4) is 11.4 Å². The van der Waals surface area contributed by atoms with Gasteiger partial charge in [0.15, 0.2) is 5.82 Å². The number of tetrazole rings is 1. The van der Waals surface area contributed by atoms with E-state index >= 15 is 0 Å². The fraction of sp³-hybridized carbons (Fsp3) is 0.333. The van der Waals surface area contributed by atoms with Crippen LogP contribution in [0.4, 0.5) is 11.4 Å². The number of nitrogens with zero attached hydrogens (tertiary/aromatic N) is 5. The van der Waals surface area contributed by atoms with Gasteiger partial charge in [-0.05, 0) is 66.1 Å². The van der Waals surface area contributed by atoms with E-state index in [2.05, 4.69) is 39.7 Å². The highest BCUT2D eigenvalue weighted by atomic mass is 16.1. The van der Waals surface area contributed by atoms with Gasteiger partial charge >= 0.3 is 0 Å². The fourth-order valence-corrected chi connectivity index (χ4v) is 3.22. The normalized spacial score (nSPS) is 13.4. The molecule has 1 saturated carbocycles. The predicted octanol–water partition coefficient (Wildman–Crippen LogP) is 3.77. The van der Waals surface area contributed by atoms with E-state index in [1.165, 1.54) is 0 Å². The number of carbonyl (C=O) groups excluding carboxylic acids is 1. The maximum absolute atomic E-state index is 12.6. The minimum absolute atomic E-state index is 0.136. The van der Waals surface area contributed by atoms with Crippen LogP contribution < -0.4 is 10.2 Å². The molecule has 0 radical (unpaired) electrons. The largest absolute Gasteiger partial charge is 0.375 e. The third-order valence-corrected chi connectivity index (χ3v) is 4.89. The molecule has 0 unspecified atom stereocenters. The Bertz CT molecular complexity index is 961. The third kappa shape index (κ3) is 3.88. The Morgan fingerprint density at radius 3 is 2.71 bits per heavy atom. The number of amides is 1. The van der Waals surface area contributed by atoms with E-state index in [0.29, 0.717) is 11.6 Å². The zero-order valence-corrected chi connectivity index (χ0v) is 16.2. The second kappa shape index (κ2) is 7.80. The van der Waals surface area contributed by atoms with Gasteiger partial charge in [0, 0.05) is 36.1 Å². The summed E-state index contributed by atoms with van der Waals surface area (Å²) >= 11 is 0. The van der Waals surface area contributed by atoms with Crippen molar-refractivity contribution >= 4 is 17.3 Å². The molecule has 1 aliphatic carbocycles. The fourth-order valence-electron chi connectivity index (χ4n) is 3.22. The van der Waals surface area contributed by atoms with Crippen molar-refractivity contribution in [1.82, 2.24) is 20.2 Å². The second-order valence-corrected chi connectivity index (χ2v) is 7.18. The van der Waals surface area contributed by atoms with Crippen molar-refractivity contribution < 1.29 is 4.79 Å². The van der Waals surface area contributed by atoms with Crippen LogP contribution in [0, 0.1) is 0 Å². The van der Waals surface area contributed by atoms with Crippen molar-refractivity contribution in [2.45, 2.75) is 32.2 Å². The van der Waals surface area contributed by atoms with Crippen LogP contribution in [0.25, 0.3) is 11.4 Å². The van der Waals surface area contributed by atoms with Gasteiger partial charge in [0.05, 0.1) is 6.04 Å². The average molecular weight is 376 g/mol. The molecule has 0 aliphatic heterocycles. The van der Waals surface area contributed by atoms with Gasteiger partial charge in [0.2, 0.25) is 0 Å². The zero-order valence-electron chi connectivity index (χ0n) is 16.2. The lowest BCUT2D eigenvalue weighted by Gasteiger charge is -2.18. The number of benzene rings is 2. The Morgan fingerprint density at radius 1 is 1.21 bits per heavy atom. The number of hydrogen-bond acceptors (Lipinski definition) is 5. The van der Waals surface area contributed by atoms with Crippen LogP contribution in [-0.4, -0.2) is 39.7 Å². The number of carbonyl (C=O) groups is 1. The summed E-state index contributed by atoms with van der Waals surface area (Å²) in [6, 6.07) is 15.7. The number of aromatic nitrogens is 4. The van der Waals surface area contributed by atoms with Gasteiger partial charge < -0.3 is 10.2 Å². The summed E-state index contributed by atoms with van der Waals surface area (Å²) < 4.78 is 1.87. The maximum Gasteiger partial charge on any atom is 0.255 e. The Hall–Kier alpha value is -3.22. The summed E-state index contributed by atoms with van der Waals surface area (Å²) in [4.78, 5) is 14.8. The molecule has 1 fully saturated rings. The molecular weight excluding hydrogens is 352 g/mol. The molecule has 2 aromatic carbocycles. The van der Waals surface area contributed by atoms with E-state index in [1.54, 1.807) is 0 Å².